The fourth-order valence-corrected chi connectivity index (χ4v) is 0.617. The molecule has 6 nitrogen and oxygen atoms in total. The first kappa shape index (κ1) is 8.46. The predicted octanol–water partition coefficient (Wildman–Crippen LogP) is -0.462. The van der Waals surface area contributed by atoms with E-state index in [4.69, 9.17) is 5.26 Å². The van der Waals surface area contributed by atoms with Crippen LogP contribution in [0.1, 0.15) is 26.6 Å². The Kier molecular flexibility index (Phi) is 1.72. The van der Waals surface area contributed by atoms with Gasteiger partial charge in [-0.15, -0.1) is 4.85 Å². The lowest BCUT2D eigenvalue weighted by molar-refractivity contribution is -0.674. The summed E-state index contributed by atoms with van der Waals surface area (Å²) in [4.78, 5) is 1.43. The molecule has 0 aliphatic rings. The molecule has 0 bridgehead atoms. The third kappa shape index (κ3) is 1.34. The van der Waals surface area contributed by atoms with E-state index < -0.39 is 0 Å². The minimum absolute atomic E-state index is 0.214. The van der Waals surface area contributed by atoms with Gasteiger partial charge in [0.05, 0.1) is 10.3 Å². The van der Waals surface area contributed by atoms with Gasteiger partial charge in [0.2, 0.25) is 0 Å². The SMILES string of the molecule is CC(C)(C)n1nc(C#N)[n+]([O-])n1. The number of nitrogens with zero attached hydrogens (tertiary/aromatic N) is 5. The van der Waals surface area contributed by atoms with Gasteiger partial charge in [-0.2, -0.15) is 5.26 Å². The Bertz CT molecular complexity index is 329. The van der Waals surface area contributed by atoms with E-state index in [0.29, 0.717) is 0 Å². The highest BCUT2D eigenvalue weighted by Gasteiger charge is 2.25. The van der Waals surface area contributed by atoms with Crippen LogP contribution in [0.4, 0.5) is 0 Å². The quantitative estimate of drug-likeness (QED) is 0.386. The van der Waals surface area contributed by atoms with Crippen molar-refractivity contribution in [3.05, 3.63) is 11.0 Å². The molecule has 64 valence electrons. The second kappa shape index (κ2) is 2.44. The molecule has 0 amide bonds. The summed E-state index contributed by atoms with van der Waals surface area (Å²) < 4.78 is 0. The van der Waals surface area contributed by atoms with Crippen LogP contribution in [0.15, 0.2) is 0 Å². The van der Waals surface area contributed by atoms with Crippen molar-refractivity contribution in [3.8, 4) is 6.07 Å². The maximum Gasteiger partial charge on any atom is 0.401 e. The topological polar surface area (TPSA) is 81.4 Å². The van der Waals surface area contributed by atoms with Crippen molar-refractivity contribution in [3.63, 3.8) is 0 Å². The Morgan fingerprint density at radius 2 is 2.17 bits per heavy atom. The Balaban J connectivity index is 3.16. The normalized spacial score (nSPS) is 11.2. The van der Waals surface area contributed by atoms with Crippen LogP contribution >= 0.6 is 0 Å². The van der Waals surface area contributed by atoms with Gasteiger partial charge in [-0.25, -0.2) is 0 Å². The van der Waals surface area contributed by atoms with E-state index in [2.05, 4.69) is 10.3 Å². The van der Waals surface area contributed by atoms with Crippen LogP contribution < -0.4 is 4.85 Å². The second-order valence-corrected chi connectivity index (χ2v) is 3.36. The smallest absolute Gasteiger partial charge is 0.401 e. The van der Waals surface area contributed by atoms with Gasteiger partial charge in [0, 0.05) is 0 Å². The van der Waals surface area contributed by atoms with E-state index in [1.165, 1.54) is 4.80 Å². The van der Waals surface area contributed by atoms with Crippen LogP contribution in [0.2, 0.25) is 0 Å². The summed E-state index contributed by atoms with van der Waals surface area (Å²) in [6, 6.07) is 1.64. The fraction of sp³-hybridized carbons (Fsp3) is 0.667. The summed E-state index contributed by atoms with van der Waals surface area (Å²) in [6.07, 6.45) is 0. The third-order valence-electron chi connectivity index (χ3n) is 1.24. The van der Waals surface area contributed by atoms with E-state index in [0.717, 1.165) is 0 Å². The van der Waals surface area contributed by atoms with Gasteiger partial charge in [0.25, 0.3) is 0 Å². The highest BCUT2D eigenvalue weighted by molar-refractivity contribution is 4.98. The van der Waals surface area contributed by atoms with Crippen molar-refractivity contribution in [1.82, 2.24) is 15.1 Å². The molecule has 0 radical (unpaired) electrons. The summed E-state index contributed by atoms with van der Waals surface area (Å²) in [5.74, 6) is -0.232. The van der Waals surface area contributed by atoms with Gasteiger partial charge in [0.15, 0.2) is 6.07 Å². The van der Waals surface area contributed by atoms with Crippen LogP contribution in [-0.2, 0) is 5.54 Å². The van der Waals surface area contributed by atoms with Crippen molar-refractivity contribution in [2.45, 2.75) is 26.3 Å². The zero-order valence-electron chi connectivity index (χ0n) is 7.14. The zero-order chi connectivity index (χ0) is 9.35. The highest BCUT2D eigenvalue weighted by Crippen LogP contribution is 2.07. The molecule has 0 spiro atoms. The van der Waals surface area contributed by atoms with Crippen molar-refractivity contribution < 1.29 is 4.85 Å². The minimum atomic E-state index is -0.374. The number of hydrogen-bond donors (Lipinski definition) is 0. The molecule has 1 heterocycles. The van der Waals surface area contributed by atoms with E-state index in [9.17, 15) is 5.21 Å². The molecule has 0 fully saturated rings. The molecule has 6 heteroatoms. The molecular formula is C6H9N5O. The number of hydrogen-bond acceptors (Lipinski definition) is 4. The molecule has 0 aliphatic carbocycles. The summed E-state index contributed by atoms with van der Waals surface area (Å²) in [5, 5.41) is 26.4. The lowest BCUT2D eigenvalue weighted by atomic mass is 10.1. The first-order valence-electron chi connectivity index (χ1n) is 3.43. The maximum atomic E-state index is 10.8. The molecule has 12 heavy (non-hydrogen) atoms. The average molecular weight is 167 g/mol. The average Bonchev–Trinajstić information content (AvgIpc) is 2.29. The number of aromatic nitrogens is 4. The van der Waals surface area contributed by atoms with E-state index in [1.54, 1.807) is 6.07 Å². The summed E-state index contributed by atoms with van der Waals surface area (Å²) in [7, 11) is 0. The zero-order valence-corrected chi connectivity index (χ0v) is 7.14. The summed E-state index contributed by atoms with van der Waals surface area (Å²) in [5.41, 5.74) is -0.374. The molecule has 0 aromatic carbocycles. The van der Waals surface area contributed by atoms with Crippen molar-refractivity contribution in [2.24, 2.45) is 0 Å². The fourth-order valence-electron chi connectivity index (χ4n) is 0.617. The van der Waals surface area contributed by atoms with E-state index in [1.807, 2.05) is 20.8 Å². The molecule has 0 aliphatic heterocycles. The van der Waals surface area contributed by atoms with E-state index in [-0.39, 0.29) is 16.2 Å². The van der Waals surface area contributed by atoms with Gasteiger partial charge in [0.1, 0.15) is 5.54 Å². The Morgan fingerprint density at radius 1 is 1.58 bits per heavy atom. The van der Waals surface area contributed by atoms with Gasteiger partial charge < -0.3 is 5.21 Å². The summed E-state index contributed by atoms with van der Waals surface area (Å²) >= 11 is 0. The molecule has 1 aromatic rings. The van der Waals surface area contributed by atoms with Crippen LogP contribution in [-0.4, -0.2) is 15.1 Å². The first-order valence-corrected chi connectivity index (χ1v) is 3.43. The van der Waals surface area contributed by atoms with Gasteiger partial charge in [-0.1, -0.05) is 0 Å². The maximum absolute atomic E-state index is 10.8. The largest absolute Gasteiger partial charge is 0.721 e. The molecular weight excluding hydrogens is 158 g/mol. The lowest BCUT2D eigenvalue weighted by Gasteiger charge is -2.07. The number of rotatable bonds is 0. The Labute approximate surface area is 69.6 Å². The first-order chi connectivity index (χ1) is 5.45. The minimum Gasteiger partial charge on any atom is -0.721 e. The van der Waals surface area contributed by atoms with Crippen molar-refractivity contribution in [1.29, 1.82) is 5.26 Å². The Hall–Kier alpha value is -1.64. The lowest BCUT2D eigenvalue weighted by Crippen LogP contribution is -2.35. The molecule has 0 N–H and O–H groups in total. The molecule has 0 saturated carbocycles. The number of nitriles is 1. The van der Waals surface area contributed by atoms with Gasteiger partial charge >= 0.3 is 5.82 Å². The van der Waals surface area contributed by atoms with Crippen LogP contribution in [0.25, 0.3) is 0 Å². The van der Waals surface area contributed by atoms with Crippen LogP contribution in [0.3, 0.4) is 0 Å². The van der Waals surface area contributed by atoms with Gasteiger partial charge in [-0.05, 0) is 25.6 Å². The van der Waals surface area contributed by atoms with E-state index >= 15 is 0 Å². The summed E-state index contributed by atoms with van der Waals surface area (Å²) in [6.45, 7) is 5.52. The standard InChI is InChI=1S/C6H9N5O/c1-6(2,3)11-8-5(4-7)10(12)9-11/h1-3H3. The molecule has 0 unspecified atom stereocenters. The third-order valence-corrected chi connectivity index (χ3v) is 1.24. The number of tetrazole rings is 1. The van der Waals surface area contributed by atoms with Crippen LogP contribution in [0, 0.1) is 16.5 Å². The van der Waals surface area contributed by atoms with Crippen molar-refractivity contribution in [2.75, 3.05) is 0 Å². The van der Waals surface area contributed by atoms with Crippen molar-refractivity contribution >= 4 is 0 Å². The molecule has 0 atom stereocenters. The van der Waals surface area contributed by atoms with Gasteiger partial charge in [-0.3, -0.25) is 0 Å². The molecule has 1 rings (SSSR count). The molecule has 1 aromatic heterocycles. The monoisotopic (exact) mass is 167 g/mol. The van der Waals surface area contributed by atoms with Crippen LogP contribution in [0.5, 0.6) is 0 Å². The molecule has 0 saturated heterocycles. The predicted molar refractivity (Wildman–Crippen MR) is 38.7 cm³/mol. The Morgan fingerprint density at radius 3 is 2.42 bits per heavy atom. The second-order valence-electron chi connectivity index (χ2n) is 3.36. The highest BCUT2D eigenvalue weighted by atomic mass is 16.5.